The van der Waals surface area contributed by atoms with Crippen molar-refractivity contribution < 1.29 is 14.3 Å². The number of pyridine rings is 1. The molecule has 0 bridgehead atoms. The third-order valence-corrected chi connectivity index (χ3v) is 4.73. The van der Waals surface area contributed by atoms with E-state index < -0.39 is 5.97 Å². The van der Waals surface area contributed by atoms with E-state index in [1.807, 2.05) is 12.1 Å². The van der Waals surface area contributed by atoms with Gasteiger partial charge in [-0.05, 0) is 12.1 Å². The first-order chi connectivity index (χ1) is 12.0. The smallest absolute Gasteiger partial charge is 0.358 e. The molecule has 0 saturated carbocycles. The fourth-order valence-corrected chi connectivity index (χ4v) is 3.38. The van der Waals surface area contributed by atoms with Gasteiger partial charge in [0, 0.05) is 44.4 Å². The number of amides is 1. The maximum atomic E-state index is 12.2. The Morgan fingerprint density at radius 2 is 2.12 bits per heavy atom. The summed E-state index contributed by atoms with van der Waals surface area (Å²) in [5.41, 5.74) is 0.218. The van der Waals surface area contributed by atoms with Crippen LogP contribution in [0.3, 0.4) is 0 Å². The normalized spacial score (nSPS) is 15.0. The minimum absolute atomic E-state index is 0.151. The van der Waals surface area contributed by atoms with Crippen LogP contribution in [0.5, 0.6) is 0 Å². The number of hydrogen-bond acceptors (Lipinski definition) is 7. The van der Waals surface area contributed by atoms with Gasteiger partial charge in [0.05, 0.1) is 5.02 Å². The molecule has 1 amide bonds. The van der Waals surface area contributed by atoms with E-state index in [4.69, 9.17) is 16.3 Å². The van der Waals surface area contributed by atoms with Crippen LogP contribution in [0.4, 0.5) is 10.9 Å². The molecule has 2 aromatic heterocycles. The number of piperidine rings is 1. The molecule has 3 heterocycles. The maximum absolute atomic E-state index is 12.2. The Labute approximate surface area is 154 Å². The van der Waals surface area contributed by atoms with Gasteiger partial charge in [0.2, 0.25) is 5.91 Å². The molecule has 0 spiro atoms. The van der Waals surface area contributed by atoms with Gasteiger partial charge in [-0.1, -0.05) is 11.6 Å². The van der Waals surface area contributed by atoms with Gasteiger partial charge in [-0.2, -0.15) is 0 Å². The first kappa shape index (κ1) is 17.6. The predicted octanol–water partition coefficient (Wildman–Crippen LogP) is 2.98. The van der Waals surface area contributed by atoms with Crippen LogP contribution >= 0.6 is 22.9 Å². The first-order valence-electron chi connectivity index (χ1n) is 7.82. The number of rotatable bonds is 4. The molecule has 1 saturated heterocycles. The van der Waals surface area contributed by atoms with E-state index in [1.54, 1.807) is 11.6 Å². The highest BCUT2D eigenvalue weighted by molar-refractivity contribution is 7.14. The fraction of sp³-hybridized carbons (Fsp3) is 0.375. The Hall–Kier alpha value is -2.19. The van der Waals surface area contributed by atoms with Gasteiger partial charge in [-0.25, -0.2) is 14.8 Å². The van der Waals surface area contributed by atoms with Crippen LogP contribution in [0.25, 0.3) is 0 Å². The second kappa shape index (κ2) is 7.79. The lowest BCUT2D eigenvalue weighted by Gasteiger charge is -2.32. The Morgan fingerprint density at radius 3 is 2.76 bits per heavy atom. The van der Waals surface area contributed by atoms with Gasteiger partial charge in [-0.3, -0.25) is 4.79 Å². The number of ether oxygens (including phenoxy) is 1. The van der Waals surface area contributed by atoms with E-state index in [-0.39, 0.29) is 17.7 Å². The lowest BCUT2D eigenvalue weighted by molar-refractivity contribution is -0.114. The predicted molar refractivity (Wildman–Crippen MR) is 96.3 cm³/mol. The summed E-state index contributed by atoms with van der Waals surface area (Å²) < 4.78 is 5.52. The summed E-state index contributed by atoms with van der Waals surface area (Å²) in [6.07, 6.45) is 2.91. The van der Waals surface area contributed by atoms with Gasteiger partial charge < -0.3 is 15.0 Å². The van der Waals surface area contributed by atoms with E-state index in [2.05, 4.69) is 20.2 Å². The monoisotopic (exact) mass is 380 g/mol. The SMILES string of the molecule is CC(=O)Nc1nc(C(=O)OC2CCN(c3ccc(Cl)cn3)CC2)cs1. The van der Waals surface area contributed by atoms with Crippen LogP contribution in [-0.4, -0.2) is 41.0 Å². The second-order valence-corrected chi connectivity index (χ2v) is 6.94. The van der Waals surface area contributed by atoms with Gasteiger partial charge in [0.25, 0.3) is 0 Å². The molecule has 7 nitrogen and oxygen atoms in total. The molecule has 0 atom stereocenters. The molecule has 1 fully saturated rings. The molecule has 0 aromatic carbocycles. The topological polar surface area (TPSA) is 84.4 Å². The van der Waals surface area contributed by atoms with Gasteiger partial charge in [-0.15, -0.1) is 11.3 Å². The summed E-state index contributed by atoms with van der Waals surface area (Å²) in [5.74, 6) is 0.182. The number of nitrogens with zero attached hydrogens (tertiary/aromatic N) is 3. The van der Waals surface area contributed by atoms with Crippen molar-refractivity contribution in [3.05, 3.63) is 34.4 Å². The molecule has 25 heavy (non-hydrogen) atoms. The van der Waals surface area contributed by atoms with Gasteiger partial charge in [0.15, 0.2) is 10.8 Å². The number of carbonyl (C=O) groups is 2. The minimum Gasteiger partial charge on any atom is -0.457 e. The van der Waals surface area contributed by atoms with E-state index in [1.165, 1.54) is 18.3 Å². The molecule has 2 aromatic rings. The standard InChI is InChI=1S/C16H17ClN4O3S/c1-10(22)19-16-20-13(9-25-16)15(23)24-12-4-6-21(7-5-12)14-3-2-11(17)8-18-14/h2-3,8-9,12H,4-7H2,1H3,(H,19,20,22). The van der Waals surface area contributed by atoms with Gasteiger partial charge >= 0.3 is 5.97 Å². The average Bonchev–Trinajstić information content (AvgIpc) is 3.04. The molecule has 0 aliphatic carbocycles. The van der Waals surface area contributed by atoms with Crippen molar-refractivity contribution in [2.24, 2.45) is 0 Å². The highest BCUT2D eigenvalue weighted by atomic mass is 35.5. The van der Waals surface area contributed by atoms with E-state index in [0.29, 0.717) is 10.2 Å². The summed E-state index contributed by atoms with van der Waals surface area (Å²) in [4.78, 5) is 33.7. The Morgan fingerprint density at radius 1 is 1.36 bits per heavy atom. The lowest BCUT2D eigenvalue weighted by Crippen LogP contribution is -2.38. The van der Waals surface area contributed by atoms with Gasteiger partial charge in [0.1, 0.15) is 11.9 Å². The Balaban J connectivity index is 1.51. The number of halogens is 1. The summed E-state index contributed by atoms with van der Waals surface area (Å²) in [6, 6.07) is 3.69. The van der Waals surface area contributed by atoms with Crippen LogP contribution in [0, 0.1) is 0 Å². The highest BCUT2D eigenvalue weighted by Crippen LogP contribution is 2.22. The van der Waals surface area contributed by atoms with Crippen molar-refractivity contribution in [3.8, 4) is 0 Å². The molecule has 1 aliphatic rings. The van der Waals surface area contributed by atoms with E-state index in [0.717, 1.165) is 31.7 Å². The Kier molecular flexibility index (Phi) is 5.50. The number of nitrogens with one attached hydrogen (secondary N) is 1. The number of aromatic nitrogens is 2. The van der Waals surface area contributed by atoms with Crippen molar-refractivity contribution >= 4 is 45.8 Å². The summed E-state index contributed by atoms with van der Waals surface area (Å²) in [5, 5.41) is 5.13. The number of anilines is 2. The molecule has 0 radical (unpaired) electrons. The van der Waals surface area contributed by atoms with Crippen molar-refractivity contribution in [3.63, 3.8) is 0 Å². The van der Waals surface area contributed by atoms with Crippen LogP contribution < -0.4 is 10.2 Å². The molecule has 3 rings (SSSR count). The van der Waals surface area contributed by atoms with Crippen molar-refractivity contribution in [2.75, 3.05) is 23.3 Å². The summed E-state index contributed by atoms with van der Waals surface area (Å²) >= 11 is 7.05. The lowest BCUT2D eigenvalue weighted by atomic mass is 10.1. The Bertz CT molecular complexity index is 757. The fourth-order valence-electron chi connectivity index (χ4n) is 2.55. The van der Waals surface area contributed by atoms with Crippen LogP contribution in [0.1, 0.15) is 30.3 Å². The molecule has 1 N–H and O–H groups in total. The molecule has 0 unspecified atom stereocenters. The summed E-state index contributed by atoms with van der Waals surface area (Å²) in [6.45, 7) is 2.89. The largest absolute Gasteiger partial charge is 0.457 e. The zero-order valence-corrected chi connectivity index (χ0v) is 15.1. The van der Waals surface area contributed by atoms with E-state index in [9.17, 15) is 9.59 Å². The first-order valence-corrected chi connectivity index (χ1v) is 9.07. The number of carbonyl (C=O) groups excluding carboxylic acids is 2. The third kappa shape index (κ3) is 4.67. The number of thiazole rings is 1. The average molecular weight is 381 g/mol. The maximum Gasteiger partial charge on any atom is 0.358 e. The highest BCUT2D eigenvalue weighted by Gasteiger charge is 2.24. The zero-order valence-electron chi connectivity index (χ0n) is 13.6. The second-order valence-electron chi connectivity index (χ2n) is 5.65. The molecular formula is C16H17ClN4O3S. The number of esters is 1. The van der Waals surface area contributed by atoms with Crippen molar-refractivity contribution in [2.45, 2.75) is 25.9 Å². The molecular weight excluding hydrogens is 364 g/mol. The van der Waals surface area contributed by atoms with Crippen LogP contribution in [0.2, 0.25) is 5.02 Å². The number of hydrogen-bond donors (Lipinski definition) is 1. The summed E-state index contributed by atoms with van der Waals surface area (Å²) in [7, 11) is 0. The van der Waals surface area contributed by atoms with E-state index >= 15 is 0 Å². The zero-order chi connectivity index (χ0) is 17.8. The molecule has 132 valence electrons. The molecule has 9 heteroatoms. The minimum atomic E-state index is -0.462. The van der Waals surface area contributed by atoms with Crippen molar-refractivity contribution in [1.29, 1.82) is 0 Å². The third-order valence-electron chi connectivity index (χ3n) is 3.75. The van der Waals surface area contributed by atoms with Crippen LogP contribution in [-0.2, 0) is 9.53 Å². The quantitative estimate of drug-likeness (QED) is 0.821. The van der Waals surface area contributed by atoms with Crippen molar-refractivity contribution in [1.82, 2.24) is 9.97 Å². The van der Waals surface area contributed by atoms with Crippen LogP contribution in [0.15, 0.2) is 23.7 Å². The molecule has 1 aliphatic heterocycles.